The van der Waals surface area contributed by atoms with Gasteiger partial charge < -0.3 is 14.8 Å². The van der Waals surface area contributed by atoms with Crippen molar-refractivity contribution in [2.24, 2.45) is 0 Å². The van der Waals surface area contributed by atoms with Crippen LogP contribution in [0.25, 0.3) is 0 Å². The van der Waals surface area contributed by atoms with E-state index in [-0.39, 0.29) is 18.9 Å². The molecule has 1 amide bonds. The molecule has 17 heavy (non-hydrogen) atoms. The number of nitrogens with one attached hydrogen (secondary N) is 1. The lowest BCUT2D eigenvalue weighted by atomic mass is 10.4. The Labute approximate surface area is 100.0 Å². The van der Waals surface area contributed by atoms with Crippen LogP contribution < -0.4 is 5.32 Å². The molecule has 0 atom stereocenters. The molecule has 0 aliphatic heterocycles. The van der Waals surface area contributed by atoms with Crippen molar-refractivity contribution in [2.45, 2.75) is 19.8 Å². The smallest absolute Gasteiger partial charge is 0.261 e. The zero-order valence-electron chi connectivity index (χ0n) is 10.0. The molecule has 0 aliphatic carbocycles. The summed E-state index contributed by atoms with van der Waals surface area (Å²) in [5.41, 5.74) is 0.914. The van der Waals surface area contributed by atoms with Gasteiger partial charge in [0, 0.05) is 13.0 Å². The van der Waals surface area contributed by atoms with Gasteiger partial charge in [0.2, 0.25) is 5.91 Å². The van der Waals surface area contributed by atoms with Crippen LogP contribution in [0.5, 0.6) is 0 Å². The predicted molar refractivity (Wildman–Crippen MR) is 60.1 cm³/mol. The van der Waals surface area contributed by atoms with E-state index in [1.54, 1.807) is 0 Å². The minimum atomic E-state index is -2.49. The van der Waals surface area contributed by atoms with Gasteiger partial charge in [-0.2, -0.15) is 0 Å². The number of alkyl halides is 2. The quantitative estimate of drug-likeness (QED) is 0.471. The SMILES string of the molecule is C=C(C)COCCNC(=O)CCOCC(F)F. The van der Waals surface area contributed by atoms with Gasteiger partial charge in [0.15, 0.2) is 0 Å². The molecule has 6 heteroatoms. The minimum absolute atomic E-state index is 0.00277. The Balaban J connectivity index is 3.26. The van der Waals surface area contributed by atoms with E-state index in [1.807, 2.05) is 6.92 Å². The molecule has 0 fully saturated rings. The number of rotatable bonds is 10. The van der Waals surface area contributed by atoms with Crippen LogP contribution in [0.3, 0.4) is 0 Å². The molecule has 0 rings (SSSR count). The Kier molecular flexibility index (Phi) is 9.56. The van der Waals surface area contributed by atoms with Crippen LogP contribution in [-0.4, -0.2) is 45.3 Å². The fourth-order valence-corrected chi connectivity index (χ4v) is 0.935. The Hall–Kier alpha value is -1.01. The van der Waals surface area contributed by atoms with Crippen LogP contribution in [0, 0.1) is 0 Å². The average molecular weight is 251 g/mol. The zero-order valence-corrected chi connectivity index (χ0v) is 10.0. The van der Waals surface area contributed by atoms with Crippen LogP contribution in [-0.2, 0) is 14.3 Å². The van der Waals surface area contributed by atoms with E-state index < -0.39 is 13.0 Å². The number of ether oxygens (including phenoxy) is 2. The van der Waals surface area contributed by atoms with E-state index in [1.165, 1.54) is 0 Å². The molecule has 0 aromatic carbocycles. The van der Waals surface area contributed by atoms with Gasteiger partial charge in [0.25, 0.3) is 6.43 Å². The first-order valence-corrected chi connectivity index (χ1v) is 5.37. The second-order valence-electron chi connectivity index (χ2n) is 3.58. The summed E-state index contributed by atoms with van der Waals surface area (Å²) in [5.74, 6) is -0.238. The maximum absolute atomic E-state index is 11.7. The number of hydrogen-bond donors (Lipinski definition) is 1. The van der Waals surface area contributed by atoms with Crippen molar-refractivity contribution in [3.05, 3.63) is 12.2 Å². The fourth-order valence-electron chi connectivity index (χ4n) is 0.935. The lowest BCUT2D eigenvalue weighted by Crippen LogP contribution is -2.28. The minimum Gasteiger partial charge on any atom is -0.375 e. The van der Waals surface area contributed by atoms with Crippen molar-refractivity contribution in [3.63, 3.8) is 0 Å². The number of carbonyl (C=O) groups excluding carboxylic acids is 1. The third kappa shape index (κ3) is 12.9. The topological polar surface area (TPSA) is 47.6 Å². The molecule has 0 aromatic heterocycles. The van der Waals surface area contributed by atoms with Gasteiger partial charge in [-0.15, -0.1) is 0 Å². The predicted octanol–water partition coefficient (Wildman–Crippen LogP) is 1.37. The van der Waals surface area contributed by atoms with Gasteiger partial charge in [0.1, 0.15) is 6.61 Å². The van der Waals surface area contributed by atoms with Crippen molar-refractivity contribution in [1.82, 2.24) is 5.32 Å². The van der Waals surface area contributed by atoms with Crippen molar-refractivity contribution in [2.75, 3.05) is 33.0 Å². The normalized spacial score (nSPS) is 10.6. The molecule has 0 radical (unpaired) electrons. The number of hydrogen-bond acceptors (Lipinski definition) is 3. The van der Waals surface area contributed by atoms with Gasteiger partial charge in [0.05, 0.1) is 19.8 Å². The standard InChI is InChI=1S/C11H19F2NO3/c1-9(2)7-17-6-4-14-11(15)3-5-16-8-10(12)13/h10H,1,3-8H2,2H3,(H,14,15). The van der Waals surface area contributed by atoms with E-state index in [0.717, 1.165) is 5.57 Å². The van der Waals surface area contributed by atoms with Crippen molar-refractivity contribution in [1.29, 1.82) is 0 Å². The van der Waals surface area contributed by atoms with Crippen LogP contribution in [0.4, 0.5) is 8.78 Å². The average Bonchev–Trinajstić information content (AvgIpc) is 2.23. The highest BCUT2D eigenvalue weighted by Gasteiger charge is 2.04. The molecule has 1 N–H and O–H groups in total. The highest BCUT2D eigenvalue weighted by atomic mass is 19.3. The van der Waals surface area contributed by atoms with Crippen LogP contribution in [0.2, 0.25) is 0 Å². The van der Waals surface area contributed by atoms with Gasteiger partial charge >= 0.3 is 0 Å². The van der Waals surface area contributed by atoms with Gasteiger partial charge in [-0.05, 0) is 6.92 Å². The second-order valence-corrected chi connectivity index (χ2v) is 3.58. The second kappa shape index (κ2) is 10.2. The Morgan fingerprint density at radius 2 is 2.06 bits per heavy atom. The van der Waals surface area contributed by atoms with Crippen molar-refractivity contribution in [3.8, 4) is 0 Å². The molecule has 0 saturated carbocycles. The molecule has 0 heterocycles. The summed E-state index contributed by atoms with van der Waals surface area (Å²) in [6.45, 7) is 6.14. The molecule has 100 valence electrons. The summed E-state index contributed by atoms with van der Waals surface area (Å²) in [7, 11) is 0. The first-order chi connectivity index (χ1) is 8.02. The van der Waals surface area contributed by atoms with E-state index in [9.17, 15) is 13.6 Å². The maximum Gasteiger partial charge on any atom is 0.261 e. The molecular weight excluding hydrogens is 232 g/mol. The van der Waals surface area contributed by atoms with Crippen LogP contribution >= 0.6 is 0 Å². The van der Waals surface area contributed by atoms with E-state index in [2.05, 4.69) is 16.6 Å². The van der Waals surface area contributed by atoms with Crippen LogP contribution in [0.1, 0.15) is 13.3 Å². The Morgan fingerprint density at radius 1 is 1.35 bits per heavy atom. The van der Waals surface area contributed by atoms with Crippen LogP contribution in [0.15, 0.2) is 12.2 Å². The van der Waals surface area contributed by atoms with Gasteiger partial charge in [-0.25, -0.2) is 8.78 Å². The van der Waals surface area contributed by atoms with E-state index in [0.29, 0.717) is 19.8 Å². The molecular formula is C11H19F2NO3. The highest BCUT2D eigenvalue weighted by molar-refractivity contribution is 5.75. The van der Waals surface area contributed by atoms with Gasteiger partial charge in [-0.1, -0.05) is 12.2 Å². The molecule has 0 unspecified atom stereocenters. The number of amides is 1. The molecule has 0 spiro atoms. The summed E-state index contributed by atoms with van der Waals surface area (Å²) in [4.78, 5) is 11.1. The number of carbonyl (C=O) groups is 1. The van der Waals surface area contributed by atoms with Gasteiger partial charge in [-0.3, -0.25) is 4.79 Å². The van der Waals surface area contributed by atoms with Crippen molar-refractivity contribution >= 4 is 5.91 Å². The Morgan fingerprint density at radius 3 is 2.65 bits per heavy atom. The number of halogens is 2. The lowest BCUT2D eigenvalue weighted by Gasteiger charge is -2.06. The summed E-state index contributed by atoms with van der Waals surface area (Å²) < 4.78 is 33.1. The first-order valence-electron chi connectivity index (χ1n) is 5.37. The third-order valence-electron chi connectivity index (χ3n) is 1.63. The third-order valence-corrected chi connectivity index (χ3v) is 1.63. The molecule has 0 saturated heterocycles. The Bertz CT molecular complexity index is 235. The maximum atomic E-state index is 11.7. The largest absolute Gasteiger partial charge is 0.375 e. The summed E-state index contributed by atoms with van der Waals surface area (Å²) >= 11 is 0. The summed E-state index contributed by atoms with van der Waals surface area (Å²) in [5, 5.41) is 2.58. The monoisotopic (exact) mass is 251 g/mol. The van der Waals surface area contributed by atoms with E-state index in [4.69, 9.17) is 4.74 Å². The fraction of sp³-hybridized carbons (Fsp3) is 0.727. The zero-order chi connectivity index (χ0) is 13.1. The molecule has 0 aliphatic rings. The van der Waals surface area contributed by atoms with Crippen molar-refractivity contribution < 1.29 is 23.0 Å². The lowest BCUT2D eigenvalue weighted by molar-refractivity contribution is -0.122. The summed E-state index contributed by atoms with van der Waals surface area (Å²) in [6.07, 6.45) is -2.42. The summed E-state index contributed by atoms with van der Waals surface area (Å²) in [6, 6.07) is 0. The molecule has 0 bridgehead atoms. The van der Waals surface area contributed by atoms with E-state index >= 15 is 0 Å². The highest BCUT2D eigenvalue weighted by Crippen LogP contribution is 1.93. The molecule has 4 nitrogen and oxygen atoms in total. The first kappa shape index (κ1) is 16.0. The molecule has 0 aromatic rings.